The second kappa shape index (κ2) is 4.94. The van der Waals surface area contributed by atoms with Gasteiger partial charge in [0.15, 0.2) is 0 Å². The van der Waals surface area contributed by atoms with Crippen LogP contribution in [0.5, 0.6) is 0 Å². The molecule has 1 atom stereocenters. The maximum Gasteiger partial charge on any atom is 0.228 e. The number of methoxy groups -OCH3 is 1. The van der Waals surface area contributed by atoms with Crippen LogP contribution in [0.4, 0.5) is 0 Å². The quantitative estimate of drug-likeness (QED) is 0.721. The van der Waals surface area contributed by atoms with Crippen molar-refractivity contribution in [1.29, 1.82) is 0 Å². The molecule has 0 aromatic rings. The van der Waals surface area contributed by atoms with Crippen molar-refractivity contribution in [2.45, 2.75) is 12.8 Å². The van der Waals surface area contributed by atoms with Gasteiger partial charge in [0.25, 0.3) is 0 Å². The second-order valence-electron chi connectivity index (χ2n) is 4.60. The molecule has 2 heterocycles. The lowest BCUT2D eigenvalue weighted by atomic mass is 9.95. The average Bonchev–Trinajstić information content (AvgIpc) is 2.16. The molecule has 0 saturated carbocycles. The molecule has 0 aromatic carbocycles. The lowest BCUT2D eigenvalue weighted by Crippen LogP contribution is -2.54. The minimum Gasteiger partial charge on any atom is -0.384 e. The largest absolute Gasteiger partial charge is 0.384 e. The molecular weight excluding hydrogens is 192 g/mol. The maximum absolute atomic E-state index is 12.0. The number of ether oxygens (including phenoxy) is 1. The number of amides is 1. The molecule has 2 fully saturated rings. The third-order valence-corrected chi connectivity index (χ3v) is 3.36. The van der Waals surface area contributed by atoms with Gasteiger partial charge in [0, 0.05) is 33.3 Å². The van der Waals surface area contributed by atoms with Gasteiger partial charge in [-0.1, -0.05) is 0 Å². The lowest BCUT2D eigenvalue weighted by Gasteiger charge is -2.37. The number of nitrogens with zero attached hydrogens (tertiary/aromatic N) is 1. The standard InChI is InChI=1S/C11H20N2O2/c1-15-8-9-3-2-4-13(7-9)11(14)10-5-12-6-10/h9-10,12H,2-8H2,1H3/t9-/m0/s1. The number of carbonyl (C=O) groups excluding carboxylic acids is 1. The normalized spacial score (nSPS) is 27.5. The molecule has 2 aliphatic heterocycles. The molecule has 0 radical (unpaired) electrons. The molecule has 2 saturated heterocycles. The summed E-state index contributed by atoms with van der Waals surface area (Å²) in [4.78, 5) is 14.0. The number of carbonyl (C=O) groups is 1. The van der Waals surface area contributed by atoms with Crippen molar-refractivity contribution < 1.29 is 9.53 Å². The summed E-state index contributed by atoms with van der Waals surface area (Å²) in [6.07, 6.45) is 2.32. The van der Waals surface area contributed by atoms with Gasteiger partial charge in [-0.15, -0.1) is 0 Å². The van der Waals surface area contributed by atoms with Crippen molar-refractivity contribution in [3.8, 4) is 0 Å². The van der Waals surface area contributed by atoms with E-state index in [4.69, 9.17) is 4.74 Å². The summed E-state index contributed by atoms with van der Waals surface area (Å²) in [7, 11) is 1.73. The smallest absolute Gasteiger partial charge is 0.228 e. The van der Waals surface area contributed by atoms with Crippen molar-refractivity contribution in [2.24, 2.45) is 11.8 Å². The fourth-order valence-electron chi connectivity index (χ4n) is 2.36. The third kappa shape index (κ3) is 2.49. The highest BCUT2D eigenvalue weighted by Crippen LogP contribution is 2.19. The maximum atomic E-state index is 12.0. The monoisotopic (exact) mass is 212 g/mol. The minimum absolute atomic E-state index is 0.242. The van der Waals surface area contributed by atoms with E-state index in [1.165, 1.54) is 6.42 Å². The van der Waals surface area contributed by atoms with Crippen LogP contribution < -0.4 is 5.32 Å². The molecule has 0 aliphatic carbocycles. The van der Waals surface area contributed by atoms with E-state index in [0.717, 1.165) is 39.2 Å². The van der Waals surface area contributed by atoms with E-state index in [-0.39, 0.29) is 5.92 Å². The van der Waals surface area contributed by atoms with Gasteiger partial charge in [0.05, 0.1) is 12.5 Å². The van der Waals surface area contributed by atoms with Gasteiger partial charge >= 0.3 is 0 Å². The Morgan fingerprint density at radius 1 is 1.53 bits per heavy atom. The third-order valence-electron chi connectivity index (χ3n) is 3.36. The number of nitrogens with one attached hydrogen (secondary N) is 1. The number of rotatable bonds is 3. The molecule has 2 rings (SSSR count). The summed E-state index contributed by atoms with van der Waals surface area (Å²) in [6, 6.07) is 0. The van der Waals surface area contributed by atoms with Crippen molar-refractivity contribution in [1.82, 2.24) is 10.2 Å². The number of hydrogen-bond donors (Lipinski definition) is 1. The van der Waals surface area contributed by atoms with Gasteiger partial charge in [0.2, 0.25) is 5.91 Å². The summed E-state index contributed by atoms with van der Waals surface area (Å²) in [6.45, 7) is 4.35. The van der Waals surface area contributed by atoms with E-state index < -0.39 is 0 Å². The van der Waals surface area contributed by atoms with E-state index in [1.807, 2.05) is 4.90 Å². The molecule has 0 unspecified atom stereocenters. The molecule has 0 spiro atoms. The van der Waals surface area contributed by atoms with Crippen LogP contribution in [0.2, 0.25) is 0 Å². The summed E-state index contributed by atoms with van der Waals surface area (Å²) < 4.78 is 5.16. The molecule has 0 bridgehead atoms. The molecule has 1 N–H and O–H groups in total. The van der Waals surface area contributed by atoms with Crippen molar-refractivity contribution >= 4 is 5.91 Å². The van der Waals surface area contributed by atoms with Crippen LogP contribution in [0.15, 0.2) is 0 Å². The highest BCUT2D eigenvalue weighted by molar-refractivity contribution is 5.80. The van der Waals surface area contributed by atoms with E-state index in [1.54, 1.807) is 7.11 Å². The Kier molecular flexibility index (Phi) is 3.59. The first-order chi connectivity index (χ1) is 7.31. The Balaban J connectivity index is 1.83. The average molecular weight is 212 g/mol. The predicted molar refractivity (Wildman–Crippen MR) is 57.5 cm³/mol. The first-order valence-electron chi connectivity index (χ1n) is 5.79. The van der Waals surface area contributed by atoms with Crippen molar-refractivity contribution in [3.63, 3.8) is 0 Å². The van der Waals surface area contributed by atoms with Crippen LogP contribution in [0.1, 0.15) is 12.8 Å². The summed E-state index contributed by atoms with van der Waals surface area (Å²) in [5, 5.41) is 3.15. The number of hydrogen-bond acceptors (Lipinski definition) is 3. The summed E-state index contributed by atoms with van der Waals surface area (Å²) >= 11 is 0. The molecule has 86 valence electrons. The molecular formula is C11H20N2O2. The van der Waals surface area contributed by atoms with Gasteiger partial charge in [-0.2, -0.15) is 0 Å². The Hall–Kier alpha value is -0.610. The lowest BCUT2D eigenvalue weighted by molar-refractivity contribution is -0.139. The van der Waals surface area contributed by atoms with Gasteiger partial charge in [-0.05, 0) is 18.8 Å². The van der Waals surface area contributed by atoms with Crippen LogP contribution in [-0.2, 0) is 9.53 Å². The number of piperidine rings is 1. The van der Waals surface area contributed by atoms with Gasteiger partial charge in [0.1, 0.15) is 0 Å². The Morgan fingerprint density at radius 2 is 2.33 bits per heavy atom. The zero-order valence-corrected chi connectivity index (χ0v) is 9.37. The molecule has 4 heteroatoms. The van der Waals surface area contributed by atoms with E-state index in [0.29, 0.717) is 11.8 Å². The molecule has 15 heavy (non-hydrogen) atoms. The van der Waals surface area contributed by atoms with E-state index >= 15 is 0 Å². The summed E-state index contributed by atoms with van der Waals surface area (Å²) in [5.41, 5.74) is 0. The fraction of sp³-hybridized carbons (Fsp3) is 0.909. The van der Waals surface area contributed by atoms with Crippen molar-refractivity contribution in [3.05, 3.63) is 0 Å². The highest BCUT2D eigenvalue weighted by atomic mass is 16.5. The van der Waals surface area contributed by atoms with Gasteiger partial charge < -0.3 is 15.0 Å². The van der Waals surface area contributed by atoms with E-state index in [9.17, 15) is 4.79 Å². The first-order valence-corrected chi connectivity index (χ1v) is 5.79. The fourth-order valence-corrected chi connectivity index (χ4v) is 2.36. The van der Waals surface area contributed by atoms with Crippen molar-refractivity contribution in [2.75, 3.05) is 39.9 Å². The zero-order chi connectivity index (χ0) is 10.7. The zero-order valence-electron chi connectivity index (χ0n) is 9.37. The van der Waals surface area contributed by atoms with Crippen LogP contribution in [0.25, 0.3) is 0 Å². The summed E-state index contributed by atoms with van der Waals surface area (Å²) in [5.74, 6) is 1.13. The highest BCUT2D eigenvalue weighted by Gasteiger charge is 2.31. The Labute approximate surface area is 91.0 Å². The molecule has 4 nitrogen and oxygen atoms in total. The molecule has 2 aliphatic rings. The molecule has 1 amide bonds. The topological polar surface area (TPSA) is 41.6 Å². The molecule has 0 aromatic heterocycles. The van der Waals surface area contributed by atoms with Crippen LogP contribution in [-0.4, -0.2) is 50.7 Å². The van der Waals surface area contributed by atoms with Gasteiger partial charge in [-0.3, -0.25) is 4.79 Å². The number of likely N-dealkylation sites (tertiary alicyclic amines) is 1. The van der Waals surface area contributed by atoms with Crippen LogP contribution >= 0.6 is 0 Å². The van der Waals surface area contributed by atoms with Crippen LogP contribution in [0, 0.1) is 11.8 Å². The van der Waals surface area contributed by atoms with E-state index in [2.05, 4.69) is 5.32 Å². The minimum atomic E-state index is 0.242. The SMILES string of the molecule is COC[C@H]1CCCN(C(=O)C2CNC2)C1. The van der Waals surface area contributed by atoms with Crippen LogP contribution in [0.3, 0.4) is 0 Å². The van der Waals surface area contributed by atoms with Gasteiger partial charge in [-0.25, -0.2) is 0 Å². The predicted octanol–water partition coefficient (Wildman–Crippen LogP) is 0.0908. The second-order valence-corrected chi connectivity index (χ2v) is 4.60. The Morgan fingerprint density at radius 3 is 2.93 bits per heavy atom. The Bertz CT molecular complexity index is 227. The first kappa shape index (κ1) is 10.9.